The molecule has 0 amide bonds. The molecule has 1 aliphatic rings. The lowest BCUT2D eigenvalue weighted by atomic mass is 9.96. The van der Waals surface area contributed by atoms with Crippen molar-refractivity contribution < 1.29 is 14.2 Å². The zero-order valence-corrected chi connectivity index (χ0v) is 8.95. The SMILES string of the molecule is B[C@H]1C[C@@H](OC(C)C)[C@@H](COC)O1. The van der Waals surface area contributed by atoms with Crippen molar-refractivity contribution in [3.63, 3.8) is 0 Å². The van der Waals surface area contributed by atoms with E-state index < -0.39 is 0 Å². The molecule has 1 rings (SSSR count). The summed E-state index contributed by atoms with van der Waals surface area (Å²) in [7, 11) is 3.77. The van der Waals surface area contributed by atoms with E-state index in [9.17, 15) is 0 Å². The molecule has 0 aromatic carbocycles. The first-order valence-corrected chi connectivity index (χ1v) is 4.93. The Hall–Kier alpha value is -0.0551. The maximum absolute atomic E-state index is 5.74. The van der Waals surface area contributed by atoms with Gasteiger partial charge in [0.2, 0.25) is 0 Å². The van der Waals surface area contributed by atoms with Crippen molar-refractivity contribution in [1.29, 1.82) is 0 Å². The second-order valence-electron chi connectivity index (χ2n) is 3.90. The smallest absolute Gasteiger partial charge is 0.139 e. The Morgan fingerprint density at radius 1 is 1.54 bits per heavy atom. The van der Waals surface area contributed by atoms with Crippen LogP contribution in [0, 0.1) is 0 Å². The van der Waals surface area contributed by atoms with Gasteiger partial charge in [-0.1, -0.05) is 0 Å². The van der Waals surface area contributed by atoms with Crippen LogP contribution in [0.2, 0.25) is 0 Å². The Bertz CT molecular complexity index is 152. The molecule has 0 aromatic rings. The molecule has 0 radical (unpaired) electrons. The predicted molar refractivity (Wildman–Crippen MR) is 53.7 cm³/mol. The summed E-state index contributed by atoms with van der Waals surface area (Å²) in [4.78, 5) is 0. The van der Waals surface area contributed by atoms with Crippen LogP contribution < -0.4 is 0 Å². The van der Waals surface area contributed by atoms with Crippen LogP contribution in [0.5, 0.6) is 0 Å². The van der Waals surface area contributed by atoms with Gasteiger partial charge in [-0.15, -0.1) is 0 Å². The van der Waals surface area contributed by atoms with Crippen molar-refractivity contribution in [3.8, 4) is 0 Å². The van der Waals surface area contributed by atoms with Gasteiger partial charge in [-0.2, -0.15) is 0 Å². The Morgan fingerprint density at radius 3 is 2.77 bits per heavy atom. The highest BCUT2D eigenvalue weighted by Crippen LogP contribution is 2.22. The maximum atomic E-state index is 5.74. The lowest BCUT2D eigenvalue weighted by Gasteiger charge is -2.20. The molecule has 0 unspecified atom stereocenters. The second-order valence-corrected chi connectivity index (χ2v) is 3.90. The van der Waals surface area contributed by atoms with E-state index in [0.717, 1.165) is 6.42 Å². The minimum atomic E-state index is 0.113. The molecule has 4 heteroatoms. The number of rotatable bonds is 4. The molecule has 0 aromatic heterocycles. The minimum Gasteiger partial charge on any atom is -0.382 e. The third kappa shape index (κ3) is 3.29. The molecule has 1 heterocycles. The topological polar surface area (TPSA) is 27.7 Å². The quantitative estimate of drug-likeness (QED) is 0.586. The van der Waals surface area contributed by atoms with E-state index in [2.05, 4.69) is 7.85 Å². The van der Waals surface area contributed by atoms with Gasteiger partial charge in [0.1, 0.15) is 14.0 Å². The summed E-state index contributed by atoms with van der Waals surface area (Å²) >= 11 is 0. The van der Waals surface area contributed by atoms with Crippen LogP contribution in [0.25, 0.3) is 0 Å². The molecule has 0 bridgehead atoms. The number of ether oxygens (including phenoxy) is 3. The van der Waals surface area contributed by atoms with E-state index in [4.69, 9.17) is 14.2 Å². The van der Waals surface area contributed by atoms with Gasteiger partial charge in [0.15, 0.2) is 0 Å². The van der Waals surface area contributed by atoms with Crippen LogP contribution in [0.3, 0.4) is 0 Å². The summed E-state index contributed by atoms with van der Waals surface area (Å²) in [5.74, 6) is 0. The van der Waals surface area contributed by atoms with E-state index in [1.807, 2.05) is 13.8 Å². The summed E-state index contributed by atoms with van der Waals surface area (Å²) in [5, 5.41) is 0. The first kappa shape index (κ1) is 11.0. The third-order valence-corrected chi connectivity index (χ3v) is 2.16. The van der Waals surface area contributed by atoms with Gasteiger partial charge < -0.3 is 14.2 Å². The largest absolute Gasteiger partial charge is 0.382 e. The molecule has 0 saturated carbocycles. The van der Waals surface area contributed by atoms with Crippen LogP contribution in [0.1, 0.15) is 20.3 Å². The first-order chi connectivity index (χ1) is 6.13. The third-order valence-electron chi connectivity index (χ3n) is 2.16. The van der Waals surface area contributed by atoms with Gasteiger partial charge in [0, 0.05) is 13.1 Å². The Kier molecular flexibility index (Phi) is 4.23. The van der Waals surface area contributed by atoms with Gasteiger partial charge in [-0.3, -0.25) is 0 Å². The highest BCUT2D eigenvalue weighted by molar-refractivity contribution is 6.11. The molecule has 0 aliphatic carbocycles. The van der Waals surface area contributed by atoms with Gasteiger partial charge in [-0.25, -0.2) is 0 Å². The Balaban J connectivity index is 2.40. The summed E-state index contributed by atoms with van der Waals surface area (Å²) in [6, 6.07) is 0.295. The minimum absolute atomic E-state index is 0.113. The van der Waals surface area contributed by atoms with Gasteiger partial charge in [0.25, 0.3) is 0 Å². The average Bonchev–Trinajstić information content (AvgIpc) is 2.31. The van der Waals surface area contributed by atoms with Crippen LogP contribution in [-0.2, 0) is 14.2 Å². The van der Waals surface area contributed by atoms with E-state index >= 15 is 0 Å². The number of hydrogen-bond donors (Lipinski definition) is 0. The van der Waals surface area contributed by atoms with Crippen LogP contribution >= 0.6 is 0 Å². The zero-order valence-electron chi connectivity index (χ0n) is 8.95. The molecule has 3 nitrogen and oxygen atoms in total. The van der Waals surface area contributed by atoms with Crippen LogP contribution in [0.4, 0.5) is 0 Å². The van der Waals surface area contributed by atoms with Crippen molar-refractivity contribution >= 4 is 7.85 Å². The Labute approximate surface area is 81.1 Å². The van der Waals surface area contributed by atoms with E-state index in [1.54, 1.807) is 7.11 Å². The first-order valence-electron chi connectivity index (χ1n) is 4.93. The highest BCUT2D eigenvalue weighted by Gasteiger charge is 2.33. The number of hydrogen-bond acceptors (Lipinski definition) is 3. The number of methoxy groups -OCH3 is 1. The second kappa shape index (κ2) is 4.98. The monoisotopic (exact) mass is 186 g/mol. The lowest BCUT2D eigenvalue weighted by Crippen LogP contribution is -2.30. The van der Waals surface area contributed by atoms with Gasteiger partial charge in [-0.05, 0) is 20.3 Å². The fraction of sp³-hybridized carbons (Fsp3) is 1.00. The van der Waals surface area contributed by atoms with Gasteiger partial charge in [0.05, 0.1) is 18.8 Å². The van der Waals surface area contributed by atoms with E-state index in [-0.39, 0.29) is 18.3 Å². The lowest BCUT2D eigenvalue weighted by molar-refractivity contribution is -0.0648. The molecule has 1 fully saturated rings. The van der Waals surface area contributed by atoms with Crippen molar-refractivity contribution in [2.45, 2.75) is 44.6 Å². The van der Waals surface area contributed by atoms with Crippen LogP contribution in [-0.4, -0.2) is 45.9 Å². The zero-order chi connectivity index (χ0) is 9.84. The molecule has 3 atom stereocenters. The van der Waals surface area contributed by atoms with E-state index in [0.29, 0.717) is 12.6 Å². The van der Waals surface area contributed by atoms with E-state index in [1.165, 1.54) is 0 Å². The molecular weight excluding hydrogens is 167 g/mol. The fourth-order valence-corrected chi connectivity index (χ4v) is 1.72. The predicted octanol–water partition coefficient (Wildman–Crippen LogP) is 0.174. The molecule has 0 N–H and O–H groups in total. The highest BCUT2D eigenvalue weighted by atomic mass is 16.6. The summed E-state index contributed by atoms with van der Waals surface area (Å²) in [6.07, 6.45) is 1.56. The molecular formula is C9H19BO3. The van der Waals surface area contributed by atoms with Crippen molar-refractivity contribution in [1.82, 2.24) is 0 Å². The molecule has 1 saturated heterocycles. The van der Waals surface area contributed by atoms with Crippen molar-refractivity contribution in [2.24, 2.45) is 0 Å². The summed E-state index contributed by atoms with van der Waals surface area (Å²) in [6.45, 7) is 4.72. The van der Waals surface area contributed by atoms with Crippen molar-refractivity contribution in [3.05, 3.63) is 0 Å². The van der Waals surface area contributed by atoms with Gasteiger partial charge >= 0.3 is 0 Å². The van der Waals surface area contributed by atoms with Crippen LogP contribution in [0.15, 0.2) is 0 Å². The Morgan fingerprint density at radius 2 is 2.23 bits per heavy atom. The summed E-state index contributed by atoms with van der Waals surface area (Å²) < 4.78 is 16.5. The molecule has 76 valence electrons. The summed E-state index contributed by atoms with van der Waals surface area (Å²) in [5.41, 5.74) is 0. The molecule has 13 heavy (non-hydrogen) atoms. The normalized spacial score (nSPS) is 34.3. The fourth-order valence-electron chi connectivity index (χ4n) is 1.72. The average molecular weight is 186 g/mol. The molecule has 1 aliphatic heterocycles. The maximum Gasteiger partial charge on any atom is 0.139 e. The molecule has 0 spiro atoms. The standard InChI is InChI=1S/C9H19BO3/c1-6(2)12-7-4-9(10)13-8(7)5-11-3/h6-9H,4-5,10H2,1-3H3/t7-,8-,9-/m1/s1. The van der Waals surface area contributed by atoms with Crippen molar-refractivity contribution in [2.75, 3.05) is 13.7 Å².